The van der Waals surface area contributed by atoms with Crippen molar-refractivity contribution in [2.24, 2.45) is 11.0 Å². The highest BCUT2D eigenvalue weighted by atomic mass is 35.5. The fourth-order valence-corrected chi connectivity index (χ4v) is 4.62. The molecule has 5 N–H and O–H groups in total. The van der Waals surface area contributed by atoms with Gasteiger partial charge >= 0.3 is 5.69 Å². The zero-order chi connectivity index (χ0) is 26.1. The van der Waals surface area contributed by atoms with Crippen LogP contribution in [0.3, 0.4) is 0 Å². The van der Waals surface area contributed by atoms with Crippen LogP contribution in [0.2, 0.25) is 10.0 Å². The largest absolute Gasteiger partial charge is 0.434 e. The van der Waals surface area contributed by atoms with Crippen LogP contribution in [0, 0.1) is 5.92 Å². The van der Waals surface area contributed by atoms with E-state index in [1.165, 1.54) is 12.1 Å². The molecule has 1 aromatic heterocycles. The van der Waals surface area contributed by atoms with Crippen molar-refractivity contribution in [1.82, 2.24) is 20.2 Å². The molecular weight excluding hydrogens is 523 g/mol. The zero-order valence-corrected chi connectivity index (χ0v) is 20.7. The zero-order valence-electron chi connectivity index (χ0n) is 19.2. The first-order chi connectivity index (χ1) is 17.8. The lowest BCUT2D eigenvalue weighted by Gasteiger charge is -2.38. The van der Waals surface area contributed by atoms with E-state index in [1.54, 1.807) is 6.08 Å². The number of H-pyrrole nitrogens is 1. The van der Waals surface area contributed by atoms with Crippen LogP contribution in [0.4, 0.5) is 5.82 Å². The van der Waals surface area contributed by atoms with Crippen molar-refractivity contribution in [3.05, 3.63) is 90.6 Å². The number of aliphatic hydroxyl groups is 1. The van der Waals surface area contributed by atoms with Gasteiger partial charge < -0.3 is 20.3 Å². The van der Waals surface area contributed by atoms with Gasteiger partial charge in [0, 0.05) is 6.08 Å². The minimum absolute atomic E-state index is 0.0581. The number of aromatic nitrogens is 3. The van der Waals surface area contributed by atoms with Crippen LogP contribution in [0.15, 0.2) is 68.8 Å². The first-order valence-electron chi connectivity index (χ1n) is 11.3. The molecule has 0 amide bonds. The number of nitrogens with two attached hydrogens (primary N) is 1. The third-order valence-corrected chi connectivity index (χ3v) is 6.65. The molecule has 37 heavy (non-hydrogen) atoms. The van der Waals surface area contributed by atoms with Gasteiger partial charge in [-0.1, -0.05) is 53.5 Å². The predicted octanol–water partition coefficient (Wildman–Crippen LogP) is 2.35. The summed E-state index contributed by atoms with van der Waals surface area (Å²) in [5.74, 6) is -0.0686. The van der Waals surface area contributed by atoms with E-state index in [2.05, 4.69) is 20.6 Å². The summed E-state index contributed by atoms with van der Waals surface area (Å²) in [5, 5.41) is 18.3. The van der Waals surface area contributed by atoms with E-state index in [0.29, 0.717) is 12.2 Å². The molecule has 0 saturated heterocycles. The number of anilines is 1. The maximum atomic E-state index is 12.1. The molecule has 5 rings (SSSR count). The number of aliphatic hydroxyl groups excluding tert-OH is 1. The number of hydrazone groups is 1. The quantitative estimate of drug-likeness (QED) is 0.368. The van der Waals surface area contributed by atoms with Crippen LogP contribution >= 0.6 is 23.2 Å². The Morgan fingerprint density at radius 2 is 1.84 bits per heavy atom. The fourth-order valence-electron chi connectivity index (χ4n) is 4.07. The number of nitrogens with one attached hydrogen (secondary N) is 2. The molecule has 3 aromatic rings. The summed E-state index contributed by atoms with van der Waals surface area (Å²) in [6.07, 6.45) is 2.30. The van der Waals surface area contributed by atoms with Crippen LogP contribution in [0.25, 0.3) is 5.69 Å². The molecule has 1 saturated carbocycles. The SMILES string of the molecule is Nc1nn(-c2cc(Cl)c(OC3=NNC(O)C(C4CC(OCc5ccccc5)C4)=C3)c(Cl)c2)c(=O)[nH]c1=O. The van der Waals surface area contributed by atoms with Crippen molar-refractivity contribution < 1.29 is 14.6 Å². The predicted molar refractivity (Wildman–Crippen MR) is 138 cm³/mol. The Morgan fingerprint density at radius 3 is 2.54 bits per heavy atom. The molecular formula is C24H22Cl2N6O5. The maximum Gasteiger partial charge on any atom is 0.349 e. The van der Waals surface area contributed by atoms with Gasteiger partial charge in [-0.3, -0.25) is 15.2 Å². The van der Waals surface area contributed by atoms with E-state index in [4.69, 9.17) is 38.4 Å². The molecule has 13 heteroatoms. The second kappa shape index (κ2) is 10.4. The normalized spacial score (nSPS) is 20.9. The summed E-state index contributed by atoms with van der Waals surface area (Å²) in [4.78, 5) is 25.7. The average Bonchev–Trinajstić information content (AvgIpc) is 2.85. The van der Waals surface area contributed by atoms with Crippen LogP contribution < -0.4 is 27.1 Å². The molecule has 11 nitrogen and oxygen atoms in total. The Hall–Kier alpha value is -3.64. The molecule has 2 aliphatic rings. The number of nitrogen functional groups attached to an aromatic ring is 1. The van der Waals surface area contributed by atoms with Crippen molar-refractivity contribution in [2.45, 2.75) is 31.8 Å². The third-order valence-electron chi connectivity index (χ3n) is 6.09. The molecule has 1 aliphatic carbocycles. The molecule has 1 aliphatic heterocycles. The lowest BCUT2D eigenvalue weighted by Crippen LogP contribution is -2.41. The van der Waals surface area contributed by atoms with Gasteiger partial charge in [-0.25, -0.2) is 4.79 Å². The summed E-state index contributed by atoms with van der Waals surface area (Å²) >= 11 is 12.8. The minimum Gasteiger partial charge on any atom is -0.434 e. The number of hydrogen-bond acceptors (Lipinski definition) is 9. The lowest BCUT2D eigenvalue weighted by molar-refractivity contribution is -0.0366. The molecule has 2 heterocycles. The number of halogens is 2. The second-order valence-corrected chi connectivity index (χ2v) is 9.42. The highest BCUT2D eigenvalue weighted by Crippen LogP contribution is 2.39. The summed E-state index contributed by atoms with van der Waals surface area (Å²) in [7, 11) is 0. The van der Waals surface area contributed by atoms with E-state index in [9.17, 15) is 14.7 Å². The number of ether oxygens (including phenoxy) is 2. The van der Waals surface area contributed by atoms with Crippen LogP contribution in [-0.4, -0.2) is 38.1 Å². The van der Waals surface area contributed by atoms with Gasteiger partial charge in [-0.05, 0) is 42.0 Å². The van der Waals surface area contributed by atoms with Crippen molar-refractivity contribution in [3.8, 4) is 11.4 Å². The number of rotatable bonds is 6. The summed E-state index contributed by atoms with van der Waals surface area (Å²) < 4.78 is 12.6. The van der Waals surface area contributed by atoms with Crippen LogP contribution in [-0.2, 0) is 11.3 Å². The summed E-state index contributed by atoms with van der Waals surface area (Å²) in [6.45, 7) is 0.536. The molecule has 1 fully saturated rings. The monoisotopic (exact) mass is 544 g/mol. The van der Waals surface area contributed by atoms with Gasteiger partial charge in [-0.2, -0.15) is 4.68 Å². The molecule has 1 unspecified atom stereocenters. The van der Waals surface area contributed by atoms with Gasteiger partial charge in [0.1, 0.15) is 0 Å². The van der Waals surface area contributed by atoms with E-state index in [-0.39, 0.29) is 39.4 Å². The van der Waals surface area contributed by atoms with Gasteiger partial charge in [0.05, 0.1) is 28.4 Å². The van der Waals surface area contributed by atoms with E-state index < -0.39 is 23.3 Å². The van der Waals surface area contributed by atoms with Gasteiger partial charge in [0.15, 0.2) is 12.0 Å². The smallest absolute Gasteiger partial charge is 0.349 e. The molecule has 192 valence electrons. The van der Waals surface area contributed by atoms with E-state index in [0.717, 1.165) is 23.1 Å². The Balaban J connectivity index is 1.27. The minimum atomic E-state index is -0.954. The van der Waals surface area contributed by atoms with Crippen LogP contribution in [0.1, 0.15) is 18.4 Å². The number of benzene rings is 2. The van der Waals surface area contributed by atoms with Crippen molar-refractivity contribution in [1.29, 1.82) is 0 Å². The number of nitrogens with zero attached hydrogens (tertiary/aromatic N) is 3. The molecule has 0 spiro atoms. The lowest BCUT2D eigenvalue weighted by atomic mass is 9.76. The number of aromatic amines is 1. The first-order valence-corrected chi connectivity index (χ1v) is 12.1. The Labute approximate surface area is 220 Å². The second-order valence-electron chi connectivity index (χ2n) is 8.61. The van der Waals surface area contributed by atoms with Crippen LogP contribution in [0.5, 0.6) is 5.75 Å². The Kier molecular flexibility index (Phi) is 7.02. The summed E-state index contributed by atoms with van der Waals surface area (Å²) in [5.41, 5.74) is 8.53. The number of hydrogen-bond donors (Lipinski definition) is 4. The average molecular weight is 545 g/mol. The van der Waals surface area contributed by atoms with Crippen molar-refractivity contribution in [2.75, 3.05) is 5.73 Å². The molecule has 0 bridgehead atoms. The maximum absolute atomic E-state index is 12.1. The first kappa shape index (κ1) is 25.0. The van der Waals surface area contributed by atoms with Gasteiger partial charge in [0.25, 0.3) is 5.56 Å². The van der Waals surface area contributed by atoms with Gasteiger partial charge in [-0.15, -0.1) is 10.2 Å². The molecule has 2 aromatic carbocycles. The van der Waals surface area contributed by atoms with E-state index >= 15 is 0 Å². The van der Waals surface area contributed by atoms with Gasteiger partial charge in [0.2, 0.25) is 11.7 Å². The topological polar surface area (TPSA) is 157 Å². The third kappa shape index (κ3) is 5.39. The molecule has 0 radical (unpaired) electrons. The van der Waals surface area contributed by atoms with Crippen molar-refractivity contribution in [3.63, 3.8) is 0 Å². The van der Waals surface area contributed by atoms with E-state index in [1.807, 2.05) is 30.3 Å². The fraction of sp³-hybridized carbons (Fsp3) is 0.250. The molecule has 1 atom stereocenters. The Bertz CT molecular complexity index is 1470. The standard InChI is InChI=1S/C24H22Cl2N6O5/c25-17-8-14(32-24(35)28-23(34)21(27)31-32)9-18(26)20(17)37-19-10-16(22(33)30-29-19)13-6-15(7-13)36-11-12-4-2-1-3-5-12/h1-5,8-10,13,15,22,30,33H,6-7,11H2,(H2,27,31)(H,28,34,35). The highest BCUT2D eigenvalue weighted by Gasteiger charge is 2.36. The van der Waals surface area contributed by atoms with Crippen molar-refractivity contribution >= 4 is 34.9 Å². The highest BCUT2D eigenvalue weighted by molar-refractivity contribution is 6.37. The Morgan fingerprint density at radius 1 is 1.14 bits per heavy atom. The summed E-state index contributed by atoms with van der Waals surface area (Å²) in [6, 6.07) is 12.7.